The molecule has 26 heavy (non-hydrogen) atoms. The van der Waals surface area contributed by atoms with E-state index in [-0.39, 0.29) is 5.41 Å². The fourth-order valence-electron chi connectivity index (χ4n) is 3.60. The van der Waals surface area contributed by atoms with Crippen molar-refractivity contribution in [1.82, 2.24) is 0 Å². The Morgan fingerprint density at radius 1 is 0.769 bits per heavy atom. The maximum absolute atomic E-state index is 5.95. The average molecular weight is 389 g/mol. The zero-order valence-electron chi connectivity index (χ0n) is 17.0. The summed E-state index contributed by atoms with van der Waals surface area (Å²) in [4.78, 5) is 0. The van der Waals surface area contributed by atoms with E-state index in [1.165, 1.54) is 27.8 Å². The van der Waals surface area contributed by atoms with Crippen molar-refractivity contribution >= 4 is 21.8 Å². The third-order valence-electron chi connectivity index (χ3n) is 4.97. The molecular formula is C23H32OS2+2. The summed E-state index contributed by atoms with van der Waals surface area (Å²) in [6.07, 6.45) is 4.78. The van der Waals surface area contributed by atoms with Crippen molar-refractivity contribution in [3.8, 4) is 5.75 Å². The summed E-state index contributed by atoms with van der Waals surface area (Å²) >= 11 is 0. The van der Waals surface area contributed by atoms with Crippen molar-refractivity contribution in [2.45, 2.75) is 49.2 Å². The third-order valence-corrected chi connectivity index (χ3v) is 8.23. The molecule has 2 aliphatic heterocycles. The summed E-state index contributed by atoms with van der Waals surface area (Å²) in [5.74, 6) is 5.63. The summed E-state index contributed by atoms with van der Waals surface area (Å²) in [5.41, 5.74) is 7.31. The van der Waals surface area contributed by atoms with Crippen LogP contribution in [0.15, 0.2) is 36.4 Å². The zero-order valence-corrected chi connectivity index (χ0v) is 18.7. The highest BCUT2D eigenvalue weighted by Gasteiger charge is 2.26. The lowest BCUT2D eigenvalue weighted by Gasteiger charge is -2.23. The summed E-state index contributed by atoms with van der Waals surface area (Å²) in [6.45, 7) is 6.94. The topological polar surface area (TPSA) is 9.23 Å². The Morgan fingerprint density at radius 2 is 1.19 bits per heavy atom. The monoisotopic (exact) mass is 388 g/mol. The fourth-order valence-corrected chi connectivity index (χ4v) is 6.82. The van der Waals surface area contributed by atoms with Gasteiger partial charge in [0.05, 0.1) is 19.6 Å². The van der Waals surface area contributed by atoms with Gasteiger partial charge in [-0.1, -0.05) is 45.0 Å². The molecule has 0 saturated carbocycles. The normalized spacial score (nSPS) is 20.8. The lowest BCUT2D eigenvalue weighted by Crippen LogP contribution is -2.16. The van der Waals surface area contributed by atoms with Gasteiger partial charge in [-0.3, -0.25) is 0 Å². The van der Waals surface area contributed by atoms with Crippen LogP contribution in [0.2, 0.25) is 0 Å². The first-order valence-electron chi connectivity index (χ1n) is 9.22. The Balaban J connectivity index is 2.10. The van der Waals surface area contributed by atoms with Crippen molar-refractivity contribution in [2.75, 3.05) is 19.6 Å². The van der Waals surface area contributed by atoms with E-state index in [4.69, 9.17) is 4.74 Å². The minimum atomic E-state index is 0.161. The molecule has 1 nitrogen and oxygen atoms in total. The predicted octanol–water partition coefficient (Wildman–Crippen LogP) is 5.20. The summed E-state index contributed by atoms with van der Waals surface area (Å²) < 4.78 is 5.95. The summed E-state index contributed by atoms with van der Waals surface area (Å²) in [6, 6.07) is 14.1. The molecule has 0 radical (unpaired) electrons. The standard InChI is InChI=1S/C23H32OS2/c1-23(2,3)21-11-19-15-25(5)13-17-7-9-18(10-8-17)14-26(6)16-20(12-21)22(19)24-4/h7-12H,13-16H2,1-6H3/q+2. The van der Waals surface area contributed by atoms with Crippen LogP contribution in [0.4, 0.5) is 0 Å². The molecule has 0 saturated heterocycles. The van der Waals surface area contributed by atoms with Crippen molar-refractivity contribution in [1.29, 1.82) is 0 Å². The lowest BCUT2D eigenvalue weighted by atomic mass is 9.85. The minimum Gasteiger partial charge on any atom is -0.496 e. The van der Waals surface area contributed by atoms with Gasteiger partial charge in [-0.15, -0.1) is 0 Å². The van der Waals surface area contributed by atoms with Gasteiger partial charge in [-0.2, -0.15) is 0 Å². The van der Waals surface area contributed by atoms with Crippen molar-refractivity contribution in [3.63, 3.8) is 0 Å². The van der Waals surface area contributed by atoms with E-state index in [1.807, 2.05) is 7.11 Å². The van der Waals surface area contributed by atoms with Crippen molar-refractivity contribution in [2.24, 2.45) is 0 Å². The van der Waals surface area contributed by atoms with Gasteiger partial charge >= 0.3 is 0 Å². The fraction of sp³-hybridized carbons (Fsp3) is 0.478. The smallest absolute Gasteiger partial charge is 0.136 e. The largest absolute Gasteiger partial charge is 0.496 e. The Morgan fingerprint density at radius 3 is 1.54 bits per heavy atom. The van der Waals surface area contributed by atoms with E-state index in [9.17, 15) is 0 Å². The van der Waals surface area contributed by atoms with E-state index in [1.54, 1.807) is 0 Å². The van der Waals surface area contributed by atoms with E-state index in [0.29, 0.717) is 21.8 Å². The number of ether oxygens (including phenoxy) is 1. The van der Waals surface area contributed by atoms with Gasteiger partial charge in [-0.25, -0.2) is 0 Å². The number of hydrogen-bond acceptors (Lipinski definition) is 1. The van der Waals surface area contributed by atoms with E-state index >= 15 is 0 Å². The second kappa shape index (κ2) is 7.90. The summed E-state index contributed by atoms with van der Waals surface area (Å²) in [5, 5.41) is 0. The highest BCUT2D eigenvalue weighted by Crippen LogP contribution is 2.35. The molecule has 140 valence electrons. The van der Waals surface area contributed by atoms with Crippen molar-refractivity contribution < 1.29 is 4.74 Å². The molecule has 2 aromatic rings. The molecule has 0 N–H and O–H groups in total. The lowest BCUT2D eigenvalue weighted by molar-refractivity contribution is 0.407. The van der Waals surface area contributed by atoms with Crippen LogP contribution in [0.25, 0.3) is 0 Å². The van der Waals surface area contributed by atoms with E-state index in [0.717, 1.165) is 28.8 Å². The molecule has 3 heteroatoms. The molecule has 2 atom stereocenters. The maximum atomic E-state index is 5.95. The van der Waals surface area contributed by atoms with Gasteiger partial charge in [0.15, 0.2) is 0 Å². The first-order chi connectivity index (χ1) is 12.3. The van der Waals surface area contributed by atoms with Crippen LogP contribution < -0.4 is 4.74 Å². The SMILES string of the molecule is COc1c2cc(C(C)(C)C)cc1C[S+](C)Cc1ccc(cc1)C[S+](C)C2. The highest BCUT2D eigenvalue weighted by atomic mass is 32.2. The molecule has 2 aliphatic rings. The van der Waals surface area contributed by atoms with Gasteiger partial charge < -0.3 is 4.74 Å². The molecule has 2 aromatic carbocycles. The van der Waals surface area contributed by atoms with Crippen molar-refractivity contribution in [3.05, 3.63) is 64.2 Å². The maximum Gasteiger partial charge on any atom is 0.136 e. The second-order valence-corrected chi connectivity index (χ2v) is 12.8. The van der Waals surface area contributed by atoms with Crippen LogP contribution in [0, 0.1) is 0 Å². The van der Waals surface area contributed by atoms with Gasteiger partial charge in [-0.05, 0) is 44.9 Å². The molecule has 0 aromatic heterocycles. The van der Waals surface area contributed by atoms with Gasteiger partial charge in [0.1, 0.15) is 28.8 Å². The molecule has 0 spiro atoms. The highest BCUT2D eigenvalue weighted by molar-refractivity contribution is 7.95. The van der Waals surface area contributed by atoms with Crippen LogP contribution in [0.5, 0.6) is 5.75 Å². The minimum absolute atomic E-state index is 0.161. The van der Waals surface area contributed by atoms with Crippen LogP contribution >= 0.6 is 0 Å². The van der Waals surface area contributed by atoms with Crippen LogP contribution in [-0.4, -0.2) is 19.6 Å². The molecule has 0 aliphatic carbocycles. The number of methoxy groups -OCH3 is 1. The second-order valence-electron chi connectivity index (χ2n) is 8.53. The predicted molar refractivity (Wildman–Crippen MR) is 120 cm³/mol. The summed E-state index contributed by atoms with van der Waals surface area (Å²) in [7, 11) is 2.44. The average Bonchev–Trinajstić information content (AvgIpc) is 2.55. The third kappa shape index (κ3) is 4.61. The quantitative estimate of drug-likeness (QED) is 0.610. The van der Waals surface area contributed by atoms with Crippen LogP contribution in [0.1, 0.15) is 48.6 Å². The molecule has 2 unspecified atom stereocenters. The molecule has 4 rings (SSSR count). The first kappa shape index (κ1) is 19.7. The number of hydrogen-bond donors (Lipinski definition) is 0. The molecule has 2 heterocycles. The molecular weight excluding hydrogens is 356 g/mol. The number of fused-ring (bicyclic) bond motifs is 6. The molecule has 4 bridgehead atoms. The Bertz CT molecular complexity index is 705. The van der Waals surface area contributed by atoms with E-state index < -0.39 is 0 Å². The number of benzene rings is 2. The Labute approximate surface area is 165 Å². The molecule has 0 fully saturated rings. The Kier molecular flexibility index (Phi) is 5.98. The van der Waals surface area contributed by atoms with Gasteiger partial charge in [0, 0.05) is 22.3 Å². The van der Waals surface area contributed by atoms with Gasteiger partial charge in [0.25, 0.3) is 0 Å². The zero-order chi connectivity index (χ0) is 18.9. The van der Waals surface area contributed by atoms with Gasteiger partial charge in [0.2, 0.25) is 0 Å². The van der Waals surface area contributed by atoms with Crippen LogP contribution in [-0.2, 0) is 50.2 Å². The Hall–Kier alpha value is -1.06. The molecule has 0 amide bonds. The van der Waals surface area contributed by atoms with E-state index in [2.05, 4.69) is 69.7 Å². The van der Waals surface area contributed by atoms with Crippen LogP contribution in [0.3, 0.4) is 0 Å². The first-order valence-corrected chi connectivity index (χ1v) is 13.2. The number of rotatable bonds is 1.